The Morgan fingerprint density at radius 3 is 2.94 bits per heavy atom. The maximum absolute atomic E-state index is 4.65. The van der Waals surface area contributed by atoms with Gasteiger partial charge in [0.1, 0.15) is 10.6 Å². The number of hydrogen-bond acceptors (Lipinski definition) is 5. The van der Waals surface area contributed by atoms with Gasteiger partial charge >= 0.3 is 0 Å². The molecule has 0 atom stereocenters. The number of aromatic nitrogens is 2. The van der Waals surface area contributed by atoms with Crippen LogP contribution in [0.25, 0.3) is 10.2 Å². The molecule has 1 aliphatic rings. The van der Waals surface area contributed by atoms with E-state index in [9.17, 15) is 0 Å². The van der Waals surface area contributed by atoms with Gasteiger partial charge in [-0.05, 0) is 37.1 Å². The fraction of sp³-hybridized carbons (Fsp3) is 0.538. The van der Waals surface area contributed by atoms with E-state index in [1.54, 1.807) is 11.3 Å². The maximum atomic E-state index is 4.65. The second kappa shape index (κ2) is 4.72. The molecule has 18 heavy (non-hydrogen) atoms. The first kappa shape index (κ1) is 11.7. The first-order valence-corrected chi connectivity index (χ1v) is 7.37. The van der Waals surface area contributed by atoms with Crippen LogP contribution in [0, 0.1) is 5.92 Å². The number of nitrogens with one attached hydrogen (secondary N) is 1. The minimum absolute atomic E-state index is 0.717. The van der Waals surface area contributed by atoms with Crippen LogP contribution < -0.4 is 10.2 Å². The van der Waals surface area contributed by atoms with Gasteiger partial charge in [-0.3, -0.25) is 0 Å². The monoisotopic (exact) mass is 262 g/mol. The molecule has 2 aromatic heterocycles. The molecule has 0 aromatic carbocycles. The van der Waals surface area contributed by atoms with Gasteiger partial charge in [0.15, 0.2) is 0 Å². The lowest BCUT2D eigenvalue weighted by Gasteiger charge is -2.22. The SMILES string of the molecule is CCN(CC1CC1)c1nc(NC)nc2sccc12. The Hall–Kier alpha value is -1.36. The van der Waals surface area contributed by atoms with Gasteiger partial charge in [0, 0.05) is 20.1 Å². The van der Waals surface area contributed by atoms with Crippen molar-refractivity contribution in [3.05, 3.63) is 11.4 Å². The van der Waals surface area contributed by atoms with E-state index >= 15 is 0 Å². The standard InChI is InChI=1S/C13H18N4S/c1-3-17(8-9-4-5-9)11-10-6-7-18-12(10)16-13(14-2)15-11/h6-7,9H,3-5,8H2,1-2H3,(H,14,15,16). The third-order valence-corrected chi connectivity index (χ3v) is 4.19. The summed E-state index contributed by atoms with van der Waals surface area (Å²) in [6.07, 6.45) is 2.74. The number of fused-ring (bicyclic) bond motifs is 1. The third kappa shape index (κ3) is 2.14. The van der Waals surface area contributed by atoms with Crippen molar-refractivity contribution in [3.63, 3.8) is 0 Å². The highest BCUT2D eigenvalue weighted by Gasteiger charge is 2.25. The fourth-order valence-electron chi connectivity index (χ4n) is 2.17. The summed E-state index contributed by atoms with van der Waals surface area (Å²) in [6, 6.07) is 2.13. The normalized spacial score (nSPS) is 15.0. The summed E-state index contributed by atoms with van der Waals surface area (Å²) < 4.78 is 0. The van der Waals surface area contributed by atoms with Crippen molar-refractivity contribution in [2.24, 2.45) is 5.92 Å². The molecule has 0 unspecified atom stereocenters. The third-order valence-electron chi connectivity index (χ3n) is 3.39. The lowest BCUT2D eigenvalue weighted by molar-refractivity contribution is 0.734. The largest absolute Gasteiger partial charge is 0.357 e. The molecule has 0 bridgehead atoms. The van der Waals surface area contributed by atoms with Crippen LogP contribution in [0.5, 0.6) is 0 Å². The van der Waals surface area contributed by atoms with E-state index in [2.05, 4.69) is 38.6 Å². The van der Waals surface area contributed by atoms with Crippen molar-refractivity contribution < 1.29 is 0 Å². The van der Waals surface area contributed by atoms with Crippen LogP contribution in [0.4, 0.5) is 11.8 Å². The Kier molecular flexibility index (Phi) is 3.07. The second-order valence-electron chi connectivity index (χ2n) is 4.74. The minimum atomic E-state index is 0.717. The Morgan fingerprint density at radius 2 is 2.28 bits per heavy atom. The van der Waals surface area contributed by atoms with Crippen molar-refractivity contribution in [2.75, 3.05) is 30.4 Å². The van der Waals surface area contributed by atoms with Crippen LogP contribution >= 0.6 is 11.3 Å². The van der Waals surface area contributed by atoms with E-state index in [0.717, 1.165) is 29.7 Å². The molecular formula is C13H18N4S. The van der Waals surface area contributed by atoms with E-state index in [1.807, 2.05) is 7.05 Å². The zero-order valence-electron chi connectivity index (χ0n) is 10.8. The van der Waals surface area contributed by atoms with Crippen LogP contribution in [0.2, 0.25) is 0 Å². The summed E-state index contributed by atoms with van der Waals surface area (Å²) in [7, 11) is 1.87. The van der Waals surface area contributed by atoms with E-state index < -0.39 is 0 Å². The predicted molar refractivity (Wildman–Crippen MR) is 77.6 cm³/mol. The van der Waals surface area contributed by atoms with E-state index in [-0.39, 0.29) is 0 Å². The topological polar surface area (TPSA) is 41.1 Å². The Balaban J connectivity index is 2.03. The summed E-state index contributed by atoms with van der Waals surface area (Å²) >= 11 is 1.68. The van der Waals surface area contributed by atoms with Gasteiger partial charge in [-0.25, -0.2) is 4.98 Å². The smallest absolute Gasteiger partial charge is 0.225 e. The van der Waals surface area contributed by atoms with Crippen LogP contribution in [-0.4, -0.2) is 30.1 Å². The molecule has 0 aliphatic heterocycles. The lowest BCUT2D eigenvalue weighted by Crippen LogP contribution is -2.26. The molecule has 3 rings (SSSR count). The van der Waals surface area contributed by atoms with Crippen molar-refractivity contribution in [1.29, 1.82) is 0 Å². The first-order valence-electron chi connectivity index (χ1n) is 6.49. The molecule has 96 valence electrons. The van der Waals surface area contributed by atoms with Crippen LogP contribution in [0.1, 0.15) is 19.8 Å². The average molecular weight is 262 g/mol. The molecule has 0 radical (unpaired) electrons. The Bertz CT molecular complexity index is 547. The number of nitrogens with zero attached hydrogens (tertiary/aromatic N) is 3. The van der Waals surface area contributed by atoms with E-state index in [1.165, 1.54) is 18.2 Å². The number of anilines is 2. The van der Waals surface area contributed by atoms with Crippen molar-refractivity contribution in [1.82, 2.24) is 9.97 Å². The molecule has 1 fully saturated rings. The quantitative estimate of drug-likeness (QED) is 0.899. The van der Waals surface area contributed by atoms with Gasteiger partial charge in [0.05, 0.1) is 5.39 Å². The number of rotatable bonds is 5. The van der Waals surface area contributed by atoms with Crippen LogP contribution in [0.15, 0.2) is 11.4 Å². The van der Waals surface area contributed by atoms with Gasteiger partial charge in [0.2, 0.25) is 5.95 Å². The zero-order valence-corrected chi connectivity index (χ0v) is 11.6. The maximum Gasteiger partial charge on any atom is 0.225 e. The molecule has 2 aromatic rings. The van der Waals surface area contributed by atoms with Gasteiger partial charge in [0.25, 0.3) is 0 Å². The molecule has 0 saturated heterocycles. The fourth-order valence-corrected chi connectivity index (χ4v) is 2.93. The highest BCUT2D eigenvalue weighted by atomic mass is 32.1. The lowest BCUT2D eigenvalue weighted by atomic mass is 10.3. The van der Waals surface area contributed by atoms with E-state index in [0.29, 0.717) is 5.95 Å². The van der Waals surface area contributed by atoms with Crippen molar-refractivity contribution in [3.8, 4) is 0 Å². The molecule has 2 heterocycles. The number of hydrogen-bond donors (Lipinski definition) is 1. The first-order chi connectivity index (χ1) is 8.81. The molecule has 1 saturated carbocycles. The van der Waals surface area contributed by atoms with Crippen molar-refractivity contribution >= 4 is 33.3 Å². The van der Waals surface area contributed by atoms with Gasteiger partial charge in [-0.2, -0.15) is 4.98 Å². The van der Waals surface area contributed by atoms with Gasteiger partial charge in [-0.15, -0.1) is 11.3 Å². The van der Waals surface area contributed by atoms with Crippen LogP contribution in [0.3, 0.4) is 0 Å². The van der Waals surface area contributed by atoms with Gasteiger partial charge in [-0.1, -0.05) is 0 Å². The molecule has 1 N–H and O–H groups in total. The molecular weight excluding hydrogens is 244 g/mol. The zero-order chi connectivity index (χ0) is 12.5. The number of thiophene rings is 1. The van der Waals surface area contributed by atoms with Gasteiger partial charge < -0.3 is 10.2 Å². The average Bonchev–Trinajstić information content (AvgIpc) is 3.09. The second-order valence-corrected chi connectivity index (χ2v) is 5.64. The molecule has 5 heteroatoms. The summed E-state index contributed by atoms with van der Waals surface area (Å²) in [4.78, 5) is 12.6. The van der Waals surface area contributed by atoms with E-state index in [4.69, 9.17) is 0 Å². The summed E-state index contributed by atoms with van der Waals surface area (Å²) in [5.74, 6) is 2.67. The van der Waals surface area contributed by atoms with Crippen molar-refractivity contribution in [2.45, 2.75) is 19.8 Å². The highest BCUT2D eigenvalue weighted by Crippen LogP contribution is 2.34. The molecule has 0 amide bonds. The Labute approximate surface area is 111 Å². The molecule has 0 spiro atoms. The summed E-state index contributed by atoms with van der Waals surface area (Å²) in [6.45, 7) is 4.32. The Morgan fingerprint density at radius 1 is 1.44 bits per heavy atom. The molecule has 1 aliphatic carbocycles. The summed E-state index contributed by atoms with van der Waals surface area (Å²) in [5, 5.41) is 6.33. The highest BCUT2D eigenvalue weighted by molar-refractivity contribution is 7.16. The van der Waals surface area contributed by atoms with Crippen LogP contribution in [-0.2, 0) is 0 Å². The predicted octanol–water partition coefficient (Wildman–Crippen LogP) is 2.97. The summed E-state index contributed by atoms with van der Waals surface area (Å²) in [5.41, 5.74) is 0. The molecule has 4 nitrogen and oxygen atoms in total. The minimum Gasteiger partial charge on any atom is -0.357 e.